The summed E-state index contributed by atoms with van der Waals surface area (Å²) in [5, 5.41) is 0. The average molecular weight is 623 g/mol. The molecule has 0 bridgehead atoms. The van der Waals surface area contributed by atoms with Crippen molar-refractivity contribution in [3.63, 3.8) is 0 Å². The normalized spacial score (nSPS) is 43.6. The Bertz CT molecular complexity index is 875. The molecule has 2 aliphatic heterocycles. The van der Waals surface area contributed by atoms with Gasteiger partial charge in [0.1, 0.15) is 0 Å². The molecule has 4 heteroatoms. The van der Waals surface area contributed by atoms with E-state index in [4.69, 9.17) is 9.47 Å². The first-order valence-corrected chi connectivity index (χ1v) is 19.8. The fourth-order valence-corrected chi connectivity index (χ4v) is 11.7. The molecule has 2 saturated heterocycles. The van der Waals surface area contributed by atoms with Gasteiger partial charge in [0.2, 0.25) is 0 Å². The summed E-state index contributed by atoms with van der Waals surface area (Å²) in [6.07, 6.45) is 26.6. The highest BCUT2D eigenvalue weighted by Gasteiger charge is 2.52. The lowest BCUT2D eigenvalue weighted by atomic mass is 9.54. The SMILES string of the molecule is C=CCC1CC(C(C)(C)C2CC(CC=C)C3OCN(C4CCC(CC)CC4)CC3C2)CC2CN(C3CCC(CC)CC3)COC12. The van der Waals surface area contributed by atoms with Gasteiger partial charge in [0.25, 0.3) is 0 Å². The predicted octanol–water partition coefficient (Wildman–Crippen LogP) is 9.70. The van der Waals surface area contributed by atoms with Crippen molar-refractivity contribution < 1.29 is 9.47 Å². The monoisotopic (exact) mass is 623 g/mol. The van der Waals surface area contributed by atoms with Crippen LogP contribution in [0.5, 0.6) is 0 Å². The first kappa shape index (κ1) is 34.2. The standard InChI is InChI=1S/C41H70N2O2/c1-7-11-31-21-35(23-33-25-42(27-44-39(31)33)37-17-13-29(9-3)14-18-37)41(5,6)36-22-32(12-8-2)40-34(24-36)26-43(28-45-40)38-19-15-30(10-4)16-20-38/h7-8,29-40H,1-2,9-28H2,3-6H3. The number of fused-ring (bicyclic) bond motifs is 2. The Morgan fingerprint density at radius 2 is 1.02 bits per heavy atom. The van der Waals surface area contributed by atoms with E-state index in [-0.39, 0.29) is 0 Å². The van der Waals surface area contributed by atoms with Gasteiger partial charge < -0.3 is 9.47 Å². The smallest absolute Gasteiger partial charge is 0.0996 e. The molecule has 6 rings (SSSR count). The van der Waals surface area contributed by atoms with E-state index in [1.165, 1.54) is 103 Å². The minimum Gasteiger partial charge on any atom is -0.362 e. The molecule has 0 aromatic rings. The number of hydrogen-bond donors (Lipinski definition) is 0. The highest BCUT2D eigenvalue weighted by molar-refractivity contribution is 5.03. The van der Waals surface area contributed by atoms with E-state index in [0.717, 1.165) is 62.1 Å². The zero-order valence-electron chi connectivity index (χ0n) is 29.9. The van der Waals surface area contributed by atoms with Crippen molar-refractivity contribution in [2.45, 2.75) is 155 Å². The minimum absolute atomic E-state index is 0.317. The van der Waals surface area contributed by atoms with Crippen LogP contribution in [0.1, 0.15) is 130 Å². The van der Waals surface area contributed by atoms with Crippen LogP contribution in [-0.4, -0.2) is 60.6 Å². The van der Waals surface area contributed by atoms with E-state index in [1.807, 2.05) is 0 Å². The first-order chi connectivity index (χ1) is 21.8. The number of ether oxygens (including phenoxy) is 2. The third-order valence-electron chi connectivity index (χ3n) is 14.9. The van der Waals surface area contributed by atoms with Gasteiger partial charge >= 0.3 is 0 Å². The molecule has 0 amide bonds. The van der Waals surface area contributed by atoms with Gasteiger partial charge in [-0.3, -0.25) is 9.80 Å². The number of nitrogens with zero attached hydrogens (tertiary/aromatic N) is 2. The van der Waals surface area contributed by atoms with Crippen molar-refractivity contribution in [3.05, 3.63) is 25.3 Å². The van der Waals surface area contributed by atoms with E-state index in [9.17, 15) is 0 Å². The molecule has 6 aliphatic rings. The lowest BCUT2D eigenvalue weighted by Gasteiger charge is -2.56. The Morgan fingerprint density at radius 1 is 0.622 bits per heavy atom. The molecule has 4 nitrogen and oxygen atoms in total. The molecular formula is C41H70N2O2. The molecule has 0 radical (unpaired) electrons. The van der Waals surface area contributed by atoms with Crippen molar-refractivity contribution in [1.29, 1.82) is 0 Å². The topological polar surface area (TPSA) is 24.9 Å². The highest BCUT2D eigenvalue weighted by atomic mass is 16.5. The average Bonchev–Trinajstić information content (AvgIpc) is 3.08. The van der Waals surface area contributed by atoms with Gasteiger partial charge in [0, 0.05) is 25.2 Å². The second-order valence-corrected chi connectivity index (χ2v) is 17.5. The van der Waals surface area contributed by atoms with E-state index in [1.54, 1.807) is 0 Å². The Labute approximate surface area is 278 Å². The number of allylic oxidation sites excluding steroid dienone is 2. The summed E-state index contributed by atoms with van der Waals surface area (Å²) in [5.74, 6) is 5.97. The van der Waals surface area contributed by atoms with Crippen LogP contribution in [-0.2, 0) is 9.47 Å². The van der Waals surface area contributed by atoms with Crippen molar-refractivity contribution in [1.82, 2.24) is 9.80 Å². The summed E-state index contributed by atoms with van der Waals surface area (Å²) in [6.45, 7) is 22.7. The molecule has 256 valence electrons. The van der Waals surface area contributed by atoms with Gasteiger partial charge in [0.05, 0.1) is 25.7 Å². The van der Waals surface area contributed by atoms with Crippen LogP contribution in [0.2, 0.25) is 0 Å². The minimum atomic E-state index is 0.317. The summed E-state index contributed by atoms with van der Waals surface area (Å²) in [4.78, 5) is 5.53. The molecule has 8 unspecified atom stereocenters. The molecule has 0 spiro atoms. The zero-order valence-corrected chi connectivity index (χ0v) is 29.9. The van der Waals surface area contributed by atoms with Crippen LogP contribution in [0.25, 0.3) is 0 Å². The highest BCUT2D eigenvalue weighted by Crippen LogP contribution is 2.55. The van der Waals surface area contributed by atoms with E-state index in [0.29, 0.717) is 41.3 Å². The van der Waals surface area contributed by atoms with Crippen LogP contribution >= 0.6 is 0 Å². The molecule has 4 saturated carbocycles. The lowest BCUT2D eigenvalue weighted by Crippen LogP contribution is -2.57. The number of rotatable bonds is 10. The van der Waals surface area contributed by atoms with Gasteiger partial charge in [-0.2, -0.15) is 0 Å². The third kappa shape index (κ3) is 7.50. The van der Waals surface area contributed by atoms with Crippen molar-refractivity contribution in [2.24, 2.45) is 52.8 Å². The molecule has 6 fully saturated rings. The van der Waals surface area contributed by atoms with Crippen molar-refractivity contribution in [2.75, 3.05) is 26.6 Å². The summed E-state index contributed by atoms with van der Waals surface area (Å²) in [6, 6.07) is 1.47. The van der Waals surface area contributed by atoms with E-state index in [2.05, 4.69) is 62.8 Å². The fraction of sp³-hybridized carbons (Fsp3) is 0.902. The fourth-order valence-electron chi connectivity index (χ4n) is 11.7. The molecule has 0 aromatic heterocycles. The summed E-state index contributed by atoms with van der Waals surface area (Å²) < 4.78 is 13.6. The predicted molar refractivity (Wildman–Crippen MR) is 188 cm³/mol. The summed E-state index contributed by atoms with van der Waals surface area (Å²) >= 11 is 0. The zero-order chi connectivity index (χ0) is 31.6. The van der Waals surface area contributed by atoms with Gasteiger partial charge in [-0.05, 0) is 143 Å². The number of hydrogen-bond acceptors (Lipinski definition) is 4. The Morgan fingerprint density at radius 3 is 1.38 bits per heavy atom. The van der Waals surface area contributed by atoms with Crippen molar-refractivity contribution >= 4 is 0 Å². The maximum atomic E-state index is 6.82. The molecule has 4 aliphatic carbocycles. The second kappa shape index (κ2) is 15.3. The van der Waals surface area contributed by atoms with Crippen LogP contribution < -0.4 is 0 Å². The molecule has 8 atom stereocenters. The molecule has 0 N–H and O–H groups in total. The van der Waals surface area contributed by atoms with Crippen molar-refractivity contribution in [3.8, 4) is 0 Å². The Kier molecular flexibility index (Phi) is 11.6. The van der Waals surface area contributed by atoms with Gasteiger partial charge in [-0.1, -0.05) is 52.7 Å². The van der Waals surface area contributed by atoms with E-state index < -0.39 is 0 Å². The van der Waals surface area contributed by atoms with Crippen LogP contribution in [0.4, 0.5) is 0 Å². The van der Waals surface area contributed by atoms with Crippen LogP contribution in [0.3, 0.4) is 0 Å². The van der Waals surface area contributed by atoms with Crippen LogP contribution in [0, 0.1) is 52.8 Å². The molecule has 0 aromatic carbocycles. The van der Waals surface area contributed by atoms with Gasteiger partial charge in [-0.15, -0.1) is 13.2 Å². The second-order valence-electron chi connectivity index (χ2n) is 17.5. The molecule has 2 heterocycles. The maximum Gasteiger partial charge on any atom is 0.0996 e. The van der Waals surface area contributed by atoms with Gasteiger partial charge in [0.15, 0.2) is 0 Å². The third-order valence-corrected chi connectivity index (χ3v) is 14.9. The maximum absolute atomic E-state index is 6.82. The largest absolute Gasteiger partial charge is 0.362 e. The Balaban J connectivity index is 1.14. The molecule has 45 heavy (non-hydrogen) atoms. The summed E-state index contributed by atoms with van der Waals surface area (Å²) in [7, 11) is 0. The quantitative estimate of drug-likeness (QED) is 0.227. The Hall–Kier alpha value is -0.680. The van der Waals surface area contributed by atoms with Gasteiger partial charge in [-0.25, -0.2) is 0 Å². The molecular weight excluding hydrogens is 552 g/mol. The first-order valence-electron chi connectivity index (χ1n) is 19.8. The van der Waals surface area contributed by atoms with E-state index >= 15 is 0 Å². The lowest BCUT2D eigenvalue weighted by molar-refractivity contribution is -0.184. The van der Waals surface area contributed by atoms with Crippen LogP contribution in [0.15, 0.2) is 25.3 Å². The summed E-state index contributed by atoms with van der Waals surface area (Å²) in [5.41, 5.74) is 0.317.